The second-order valence-electron chi connectivity index (χ2n) is 2.59. The molecule has 2 heterocycles. The highest BCUT2D eigenvalue weighted by Crippen LogP contribution is 2.20. The zero-order valence-corrected chi connectivity index (χ0v) is 8.11. The first kappa shape index (κ1) is 9.07. The lowest BCUT2D eigenvalue weighted by Gasteiger charge is -2.12. The largest absolute Gasteiger partial charge is 0.368 e. The molecule has 2 aliphatic rings. The summed E-state index contributed by atoms with van der Waals surface area (Å²) in [5.41, 5.74) is 5.51. The normalized spacial score (nSPS) is 23.7. The molecule has 0 aromatic heterocycles. The molecule has 0 bridgehead atoms. The third-order valence-electron chi connectivity index (χ3n) is 1.60. The third-order valence-corrected chi connectivity index (χ3v) is 2.61. The van der Waals surface area contributed by atoms with Crippen molar-refractivity contribution < 1.29 is 0 Å². The second-order valence-corrected chi connectivity index (χ2v) is 3.63. The number of hydrogen-bond acceptors (Lipinski definition) is 7. The summed E-state index contributed by atoms with van der Waals surface area (Å²) in [4.78, 5) is 8.02. The van der Waals surface area contributed by atoms with E-state index in [1.807, 2.05) is 0 Å². The summed E-state index contributed by atoms with van der Waals surface area (Å²) in [5.74, 6) is 1.48. The smallest absolute Gasteiger partial charge is 0.222 e. The van der Waals surface area contributed by atoms with Crippen LogP contribution < -0.4 is 5.73 Å². The third kappa shape index (κ3) is 1.58. The van der Waals surface area contributed by atoms with Crippen LogP contribution in [0.15, 0.2) is 38.1 Å². The molecule has 0 aromatic carbocycles. The summed E-state index contributed by atoms with van der Waals surface area (Å²) in [6, 6.07) is -0.257. The van der Waals surface area contributed by atoms with E-state index >= 15 is 0 Å². The average molecular weight is 208 g/mol. The van der Waals surface area contributed by atoms with Gasteiger partial charge in [0.25, 0.3) is 0 Å². The van der Waals surface area contributed by atoms with Gasteiger partial charge in [-0.15, -0.1) is 23.4 Å². The number of hydrogen-bond donors (Lipinski definition) is 1. The Morgan fingerprint density at radius 2 is 2.36 bits per heavy atom. The van der Waals surface area contributed by atoms with Crippen molar-refractivity contribution in [3.8, 4) is 0 Å². The summed E-state index contributed by atoms with van der Waals surface area (Å²) >= 11 is 1.51. The van der Waals surface area contributed by atoms with E-state index in [1.165, 1.54) is 11.8 Å². The van der Waals surface area contributed by atoms with Crippen LogP contribution in [0.25, 0.3) is 0 Å². The Bertz CT molecular complexity index is 380. The summed E-state index contributed by atoms with van der Waals surface area (Å²) in [5, 5.41) is 12.0. The molecule has 0 amide bonds. The van der Waals surface area contributed by atoms with Crippen LogP contribution in [0.3, 0.4) is 0 Å². The number of nitrogens with zero attached hydrogens (tertiary/aromatic N) is 5. The van der Waals surface area contributed by atoms with Gasteiger partial charge in [-0.1, -0.05) is 6.08 Å². The van der Waals surface area contributed by atoms with Crippen molar-refractivity contribution in [2.75, 3.05) is 5.75 Å². The van der Waals surface area contributed by atoms with Gasteiger partial charge in [-0.3, -0.25) is 0 Å². The summed E-state index contributed by atoms with van der Waals surface area (Å²) in [6.07, 6.45) is 1.79. The molecule has 0 radical (unpaired) electrons. The van der Waals surface area contributed by atoms with Gasteiger partial charge >= 0.3 is 0 Å². The predicted octanol–water partition coefficient (Wildman–Crippen LogP) is 0.780. The maximum absolute atomic E-state index is 5.51. The molecular weight excluding hydrogens is 200 g/mol. The Morgan fingerprint density at radius 1 is 1.50 bits per heavy atom. The molecule has 2 aliphatic heterocycles. The standard InChI is InChI=1S/C7H8N6S/c1-2-3-14-6-4-5(12-13-11-4)9-7(8)10-6/h2,4H,1,3H2,(H2,8,9,11,12). The van der Waals surface area contributed by atoms with E-state index in [4.69, 9.17) is 5.73 Å². The van der Waals surface area contributed by atoms with Crippen molar-refractivity contribution in [2.24, 2.45) is 31.2 Å². The van der Waals surface area contributed by atoms with E-state index in [0.29, 0.717) is 5.84 Å². The van der Waals surface area contributed by atoms with Crippen LogP contribution in [0.1, 0.15) is 0 Å². The summed E-state index contributed by atoms with van der Waals surface area (Å²) in [7, 11) is 0. The molecule has 0 spiro atoms. The number of aliphatic imine (C=N–C) groups is 2. The average Bonchev–Trinajstić information content (AvgIpc) is 2.61. The summed E-state index contributed by atoms with van der Waals surface area (Å²) in [6.45, 7) is 3.63. The maximum Gasteiger partial charge on any atom is 0.222 e. The first-order valence-corrected chi connectivity index (χ1v) is 4.94. The van der Waals surface area contributed by atoms with Crippen LogP contribution in [-0.4, -0.2) is 28.6 Å². The Labute approximate surface area is 84.8 Å². The van der Waals surface area contributed by atoms with Gasteiger partial charge in [0.15, 0.2) is 11.9 Å². The maximum atomic E-state index is 5.51. The highest BCUT2D eigenvalue weighted by atomic mass is 32.2. The zero-order chi connectivity index (χ0) is 9.97. The predicted molar refractivity (Wildman–Crippen MR) is 57.8 cm³/mol. The highest BCUT2D eigenvalue weighted by molar-refractivity contribution is 8.14. The number of amidine groups is 1. The molecule has 14 heavy (non-hydrogen) atoms. The molecule has 72 valence electrons. The van der Waals surface area contributed by atoms with Crippen molar-refractivity contribution in [3.63, 3.8) is 0 Å². The minimum Gasteiger partial charge on any atom is -0.368 e. The van der Waals surface area contributed by atoms with Gasteiger partial charge in [-0.2, -0.15) is 10.1 Å². The Kier molecular flexibility index (Phi) is 2.40. The Hall–Kier alpha value is -1.50. The zero-order valence-electron chi connectivity index (χ0n) is 7.29. The van der Waals surface area contributed by atoms with Crippen molar-refractivity contribution in [2.45, 2.75) is 6.04 Å². The first-order valence-electron chi connectivity index (χ1n) is 3.95. The Morgan fingerprint density at radius 3 is 3.14 bits per heavy atom. The lowest BCUT2D eigenvalue weighted by Crippen LogP contribution is -2.31. The highest BCUT2D eigenvalue weighted by Gasteiger charge is 2.29. The van der Waals surface area contributed by atoms with Gasteiger partial charge in [0.1, 0.15) is 5.04 Å². The van der Waals surface area contributed by atoms with Crippen LogP contribution in [0, 0.1) is 0 Å². The molecule has 6 nitrogen and oxygen atoms in total. The minimum atomic E-state index is -0.257. The van der Waals surface area contributed by atoms with Crippen LogP contribution in [0.5, 0.6) is 0 Å². The number of rotatable bonds is 2. The van der Waals surface area contributed by atoms with E-state index in [-0.39, 0.29) is 12.0 Å². The molecule has 1 atom stereocenters. The summed E-state index contributed by atoms with van der Waals surface area (Å²) < 4.78 is 0. The van der Waals surface area contributed by atoms with Gasteiger partial charge in [0.05, 0.1) is 0 Å². The minimum absolute atomic E-state index is 0.207. The second kappa shape index (κ2) is 3.70. The first-order chi connectivity index (χ1) is 6.81. The lowest BCUT2D eigenvalue weighted by atomic mass is 10.3. The molecule has 7 heteroatoms. The SMILES string of the molecule is C=CCSC1=NC(N)=NC2=NN=NC21. The number of fused-ring (bicyclic) bond motifs is 1. The molecule has 0 saturated heterocycles. The fraction of sp³-hybridized carbons (Fsp3) is 0.286. The van der Waals surface area contributed by atoms with Crippen molar-refractivity contribution in [1.29, 1.82) is 0 Å². The fourth-order valence-corrected chi connectivity index (χ4v) is 1.80. The topological polar surface area (TPSA) is 87.8 Å². The molecule has 2 N–H and O–H groups in total. The van der Waals surface area contributed by atoms with Gasteiger partial charge in [0, 0.05) is 5.75 Å². The van der Waals surface area contributed by atoms with Crippen molar-refractivity contribution >= 4 is 28.6 Å². The molecule has 0 fully saturated rings. The lowest BCUT2D eigenvalue weighted by molar-refractivity contribution is 1.00. The van der Waals surface area contributed by atoms with Gasteiger partial charge in [-0.25, -0.2) is 4.99 Å². The van der Waals surface area contributed by atoms with E-state index in [0.717, 1.165) is 10.8 Å². The van der Waals surface area contributed by atoms with Crippen LogP contribution in [0.2, 0.25) is 0 Å². The van der Waals surface area contributed by atoms with E-state index < -0.39 is 0 Å². The Balaban J connectivity index is 2.21. The molecular formula is C7H8N6S. The molecule has 0 aromatic rings. The van der Waals surface area contributed by atoms with Crippen molar-refractivity contribution in [3.05, 3.63) is 12.7 Å². The number of thioether (sulfide) groups is 1. The fourth-order valence-electron chi connectivity index (χ4n) is 1.04. The number of nitrogens with two attached hydrogens (primary N) is 1. The number of guanidine groups is 1. The van der Waals surface area contributed by atoms with Crippen LogP contribution in [0.4, 0.5) is 0 Å². The van der Waals surface area contributed by atoms with E-state index in [1.54, 1.807) is 6.08 Å². The molecule has 1 unspecified atom stereocenters. The van der Waals surface area contributed by atoms with Crippen LogP contribution in [-0.2, 0) is 0 Å². The van der Waals surface area contributed by atoms with Crippen LogP contribution >= 0.6 is 11.8 Å². The van der Waals surface area contributed by atoms with E-state index in [9.17, 15) is 0 Å². The van der Waals surface area contributed by atoms with E-state index in [2.05, 4.69) is 32.0 Å². The van der Waals surface area contributed by atoms with Crippen molar-refractivity contribution in [1.82, 2.24) is 0 Å². The monoisotopic (exact) mass is 208 g/mol. The van der Waals surface area contributed by atoms with Gasteiger partial charge in [-0.05, 0) is 5.22 Å². The molecule has 2 rings (SSSR count). The van der Waals surface area contributed by atoms with Gasteiger partial charge in [0.2, 0.25) is 5.96 Å². The molecule has 0 saturated carbocycles. The molecule has 0 aliphatic carbocycles. The van der Waals surface area contributed by atoms with Gasteiger partial charge < -0.3 is 5.73 Å². The quantitative estimate of drug-likeness (QED) is 0.679.